The van der Waals surface area contributed by atoms with Gasteiger partial charge in [-0.3, -0.25) is 9.69 Å². The Balaban J connectivity index is 1.45. The molecule has 2 N–H and O–H groups in total. The lowest BCUT2D eigenvalue weighted by molar-refractivity contribution is -0.114. The zero-order chi connectivity index (χ0) is 20.2. The van der Waals surface area contributed by atoms with Crippen LogP contribution < -0.4 is 5.32 Å². The van der Waals surface area contributed by atoms with Crippen molar-refractivity contribution in [1.82, 2.24) is 15.0 Å². The molecule has 1 aromatic heterocycles. The van der Waals surface area contributed by atoms with E-state index in [4.69, 9.17) is 4.52 Å². The lowest BCUT2D eigenvalue weighted by atomic mass is 10.1. The fourth-order valence-corrected chi connectivity index (χ4v) is 3.70. The van der Waals surface area contributed by atoms with Crippen molar-refractivity contribution in [3.05, 3.63) is 77.4 Å². The van der Waals surface area contributed by atoms with E-state index in [-0.39, 0.29) is 11.9 Å². The summed E-state index contributed by atoms with van der Waals surface area (Å²) in [4.78, 5) is 17.9. The molecule has 2 unspecified atom stereocenters. The summed E-state index contributed by atoms with van der Waals surface area (Å²) in [6.07, 6.45) is 0.754. The number of nitrogens with one attached hydrogen (secondary N) is 1. The van der Waals surface area contributed by atoms with Crippen molar-refractivity contribution in [2.75, 3.05) is 11.9 Å². The van der Waals surface area contributed by atoms with Gasteiger partial charge in [0.15, 0.2) is 5.82 Å². The van der Waals surface area contributed by atoms with Crippen LogP contribution in [0.5, 0.6) is 0 Å². The Bertz CT molecular complexity index is 956. The highest BCUT2D eigenvalue weighted by Gasteiger charge is 2.35. The highest BCUT2D eigenvalue weighted by Crippen LogP contribution is 2.32. The molecule has 1 saturated heterocycles. The van der Waals surface area contributed by atoms with Crippen LogP contribution in [0.2, 0.25) is 0 Å². The SMILES string of the molecule is CC(=O)Nc1ccc(CN2CC(O)CC2c2nc(Cc3ccccc3)no2)cc1. The number of aliphatic hydroxyl groups excluding tert-OH is 1. The molecule has 1 aliphatic rings. The Morgan fingerprint density at radius 1 is 1.17 bits per heavy atom. The molecule has 2 aromatic carbocycles. The van der Waals surface area contributed by atoms with Crippen LogP contribution in [0.15, 0.2) is 59.1 Å². The first-order chi connectivity index (χ1) is 14.1. The van der Waals surface area contributed by atoms with Crippen molar-refractivity contribution in [2.45, 2.75) is 38.5 Å². The maximum atomic E-state index is 11.2. The van der Waals surface area contributed by atoms with E-state index in [9.17, 15) is 9.90 Å². The standard InChI is InChI=1S/C22H24N4O3/c1-15(27)23-18-9-7-17(8-10-18)13-26-14-19(28)12-20(26)22-24-21(25-29-22)11-16-5-3-2-4-6-16/h2-10,19-20,28H,11-14H2,1H3,(H,23,27). The molecule has 2 heterocycles. The zero-order valence-electron chi connectivity index (χ0n) is 16.3. The number of carbonyl (C=O) groups is 1. The second-order valence-electron chi connectivity index (χ2n) is 7.42. The second-order valence-corrected chi connectivity index (χ2v) is 7.42. The first-order valence-corrected chi connectivity index (χ1v) is 9.72. The van der Waals surface area contributed by atoms with Gasteiger partial charge in [-0.15, -0.1) is 0 Å². The van der Waals surface area contributed by atoms with Crippen LogP contribution in [-0.4, -0.2) is 38.7 Å². The molecule has 3 aromatic rings. The van der Waals surface area contributed by atoms with E-state index >= 15 is 0 Å². The molecule has 4 rings (SSSR count). The highest BCUT2D eigenvalue weighted by atomic mass is 16.5. The van der Waals surface area contributed by atoms with Gasteiger partial charge in [-0.25, -0.2) is 0 Å². The molecule has 0 aliphatic carbocycles. The topological polar surface area (TPSA) is 91.5 Å². The van der Waals surface area contributed by atoms with Crippen LogP contribution in [0.3, 0.4) is 0 Å². The Kier molecular flexibility index (Phi) is 5.69. The molecule has 150 valence electrons. The number of nitrogens with zero attached hydrogens (tertiary/aromatic N) is 3. The maximum absolute atomic E-state index is 11.2. The van der Waals surface area contributed by atoms with E-state index < -0.39 is 6.10 Å². The molecule has 29 heavy (non-hydrogen) atoms. The minimum absolute atomic E-state index is 0.0943. The minimum Gasteiger partial charge on any atom is -0.392 e. The number of hydrogen-bond acceptors (Lipinski definition) is 6. The Morgan fingerprint density at radius 2 is 1.93 bits per heavy atom. The number of aliphatic hydroxyl groups is 1. The number of β-amino-alcohol motifs (C(OH)–C–C–N with tert-alkyl or cyclic N) is 1. The summed E-state index contributed by atoms with van der Waals surface area (Å²) in [5.41, 5.74) is 2.98. The van der Waals surface area contributed by atoms with E-state index in [0.717, 1.165) is 16.8 Å². The number of benzene rings is 2. The van der Waals surface area contributed by atoms with E-state index in [2.05, 4.69) is 20.4 Å². The quantitative estimate of drug-likeness (QED) is 0.670. The van der Waals surface area contributed by atoms with Crippen molar-refractivity contribution in [2.24, 2.45) is 0 Å². The summed E-state index contributed by atoms with van der Waals surface area (Å²) >= 11 is 0. The summed E-state index contributed by atoms with van der Waals surface area (Å²) in [6.45, 7) is 2.69. The van der Waals surface area contributed by atoms with Crippen LogP contribution >= 0.6 is 0 Å². The summed E-state index contributed by atoms with van der Waals surface area (Å²) < 4.78 is 5.54. The van der Waals surface area contributed by atoms with Gasteiger partial charge in [-0.1, -0.05) is 47.6 Å². The van der Waals surface area contributed by atoms with E-state index in [0.29, 0.717) is 37.6 Å². The Hall–Kier alpha value is -3.03. The number of carbonyl (C=O) groups excluding carboxylic acids is 1. The average molecular weight is 392 g/mol. The number of rotatable bonds is 6. The lowest BCUT2D eigenvalue weighted by Crippen LogP contribution is -2.24. The molecule has 7 nitrogen and oxygen atoms in total. The summed E-state index contributed by atoms with van der Waals surface area (Å²) in [6, 6.07) is 17.6. The van der Waals surface area contributed by atoms with Gasteiger partial charge in [-0.2, -0.15) is 4.98 Å². The largest absolute Gasteiger partial charge is 0.392 e. The summed E-state index contributed by atoms with van der Waals surface area (Å²) in [5.74, 6) is 1.10. The number of hydrogen-bond donors (Lipinski definition) is 2. The fraction of sp³-hybridized carbons (Fsp3) is 0.318. The molecule has 0 spiro atoms. The van der Waals surface area contributed by atoms with Crippen LogP contribution in [-0.2, 0) is 17.8 Å². The molecule has 1 aliphatic heterocycles. The van der Waals surface area contributed by atoms with Gasteiger partial charge in [0.05, 0.1) is 12.1 Å². The van der Waals surface area contributed by atoms with Gasteiger partial charge in [0.2, 0.25) is 11.8 Å². The average Bonchev–Trinajstić information content (AvgIpc) is 3.30. The number of amides is 1. The highest BCUT2D eigenvalue weighted by molar-refractivity contribution is 5.88. The summed E-state index contributed by atoms with van der Waals surface area (Å²) in [7, 11) is 0. The van der Waals surface area contributed by atoms with E-state index in [1.54, 1.807) is 0 Å². The van der Waals surface area contributed by atoms with Crippen LogP contribution in [0, 0.1) is 0 Å². The van der Waals surface area contributed by atoms with Gasteiger partial charge >= 0.3 is 0 Å². The van der Waals surface area contributed by atoms with Gasteiger partial charge in [0, 0.05) is 32.1 Å². The van der Waals surface area contributed by atoms with Crippen molar-refractivity contribution in [3.8, 4) is 0 Å². The maximum Gasteiger partial charge on any atom is 0.244 e. The molecule has 7 heteroatoms. The first-order valence-electron chi connectivity index (χ1n) is 9.72. The van der Waals surface area contributed by atoms with Gasteiger partial charge in [0.1, 0.15) is 0 Å². The van der Waals surface area contributed by atoms with Gasteiger partial charge < -0.3 is 14.9 Å². The lowest BCUT2D eigenvalue weighted by Gasteiger charge is -2.21. The molecule has 1 amide bonds. The molecule has 2 atom stereocenters. The monoisotopic (exact) mass is 392 g/mol. The predicted octanol–water partition coefficient (Wildman–Crippen LogP) is 2.93. The van der Waals surface area contributed by atoms with E-state index in [1.165, 1.54) is 6.92 Å². The third kappa shape index (κ3) is 4.88. The normalized spacial score (nSPS) is 19.4. The van der Waals surface area contributed by atoms with Gasteiger partial charge in [-0.05, 0) is 29.7 Å². The van der Waals surface area contributed by atoms with Crippen LogP contribution in [0.25, 0.3) is 0 Å². The van der Waals surface area contributed by atoms with E-state index in [1.807, 2.05) is 54.6 Å². The molecular weight excluding hydrogens is 368 g/mol. The fourth-order valence-electron chi connectivity index (χ4n) is 3.70. The number of likely N-dealkylation sites (tertiary alicyclic amines) is 1. The zero-order valence-corrected chi connectivity index (χ0v) is 16.3. The van der Waals surface area contributed by atoms with Gasteiger partial charge in [0.25, 0.3) is 0 Å². The minimum atomic E-state index is -0.428. The smallest absolute Gasteiger partial charge is 0.244 e. The number of aromatic nitrogens is 2. The third-order valence-corrected chi connectivity index (χ3v) is 5.02. The molecule has 0 bridgehead atoms. The molecule has 0 radical (unpaired) electrons. The molecular formula is C22H24N4O3. The van der Waals surface area contributed by atoms with Crippen LogP contribution in [0.4, 0.5) is 5.69 Å². The van der Waals surface area contributed by atoms with Crippen molar-refractivity contribution < 1.29 is 14.4 Å². The Morgan fingerprint density at radius 3 is 2.66 bits per heavy atom. The van der Waals surface area contributed by atoms with Crippen molar-refractivity contribution in [3.63, 3.8) is 0 Å². The third-order valence-electron chi connectivity index (χ3n) is 5.02. The second kappa shape index (κ2) is 8.55. The summed E-state index contributed by atoms with van der Waals surface area (Å²) in [5, 5.41) is 17.1. The van der Waals surface area contributed by atoms with Crippen LogP contribution in [0.1, 0.15) is 42.2 Å². The first kappa shape index (κ1) is 19.3. The van der Waals surface area contributed by atoms with Crippen molar-refractivity contribution in [1.29, 1.82) is 0 Å². The Labute approximate surface area is 169 Å². The predicted molar refractivity (Wildman–Crippen MR) is 108 cm³/mol. The number of anilines is 1. The molecule has 1 fully saturated rings. The molecule has 0 saturated carbocycles. The van der Waals surface area contributed by atoms with Crippen molar-refractivity contribution >= 4 is 11.6 Å².